The fourth-order valence-electron chi connectivity index (χ4n) is 3.90. The summed E-state index contributed by atoms with van der Waals surface area (Å²) in [7, 11) is 0. The third-order valence-corrected chi connectivity index (χ3v) is 6.16. The van der Waals surface area contributed by atoms with Crippen molar-refractivity contribution in [2.24, 2.45) is 5.10 Å². The predicted molar refractivity (Wildman–Crippen MR) is 113 cm³/mol. The lowest BCUT2D eigenvalue weighted by molar-refractivity contribution is 0.0960. The Balaban J connectivity index is 1.73. The van der Waals surface area contributed by atoms with Gasteiger partial charge in [0.05, 0.1) is 24.2 Å². The van der Waals surface area contributed by atoms with Gasteiger partial charge < -0.3 is 9.30 Å². The molecule has 1 unspecified atom stereocenters. The van der Waals surface area contributed by atoms with Crippen molar-refractivity contribution in [3.8, 4) is 11.3 Å². The lowest BCUT2D eigenvalue weighted by atomic mass is 9.94. The van der Waals surface area contributed by atoms with Crippen LogP contribution in [0.5, 0.6) is 0 Å². The zero-order valence-electron chi connectivity index (χ0n) is 16.3. The van der Waals surface area contributed by atoms with E-state index in [1.807, 2.05) is 24.3 Å². The van der Waals surface area contributed by atoms with Crippen LogP contribution in [-0.4, -0.2) is 39.2 Å². The molecular formula is C22H19FN4O2S. The lowest BCUT2D eigenvalue weighted by Gasteiger charge is -2.32. The highest BCUT2D eigenvalue weighted by Crippen LogP contribution is 2.43. The Morgan fingerprint density at radius 3 is 2.83 bits per heavy atom. The van der Waals surface area contributed by atoms with Crippen LogP contribution in [0, 0.1) is 5.82 Å². The molecule has 0 fully saturated rings. The Bertz CT molecular complexity index is 1140. The molecule has 2 aliphatic heterocycles. The average Bonchev–Trinajstić information content (AvgIpc) is 3.35. The minimum atomic E-state index is -0.514. The summed E-state index contributed by atoms with van der Waals surface area (Å²) in [6.07, 6.45) is 1.16. The van der Waals surface area contributed by atoms with Crippen LogP contribution in [0.2, 0.25) is 0 Å². The predicted octanol–water partition coefficient (Wildman–Crippen LogP) is 4.69. The summed E-state index contributed by atoms with van der Waals surface area (Å²) >= 11 is 1.67. The van der Waals surface area contributed by atoms with Gasteiger partial charge in [0.15, 0.2) is 5.16 Å². The van der Waals surface area contributed by atoms with Gasteiger partial charge >= 0.3 is 6.09 Å². The first-order valence-corrected chi connectivity index (χ1v) is 10.7. The second-order valence-corrected chi connectivity index (χ2v) is 8.02. The number of carbonyl (C=O) groups is 1. The molecule has 0 aliphatic carbocycles. The van der Waals surface area contributed by atoms with Crippen LogP contribution in [0.25, 0.3) is 11.3 Å². The van der Waals surface area contributed by atoms with Gasteiger partial charge in [0.1, 0.15) is 11.9 Å². The number of carbonyl (C=O) groups excluding carboxylic acids is 1. The molecule has 6 nitrogen and oxygen atoms in total. The molecule has 1 aromatic heterocycles. The number of hydrogen-bond donors (Lipinski definition) is 0. The standard InChI is InChI=1S/C22H19FN4O2S/c1-2-29-22(28)27-19(17-6-4-3-5-15(17)13-24-27)20-18(14-7-9-16(23)10-8-14)25-21-26(20)11-12-30-21/h3-10,13,19H,2,11-12H2,1H3. The second kappa shape index (κ2) is 7.60. The number of hydrazone groups is 1. The SMILES string of the molecule is CCOC(=O)N1N=Cc2ccccc2C1c1c(-c2ccc(F)cc2)nc2n1CCS2. The maximum Gasteiger partial charge on any atom is 0.431 e. The van der Waals surface area contributed by atoms with E-state index in [1.54, 1.807) is 37.0 Å². The van der Waals surface area contributed by atoms with Crippen molar-refractivity contribution in [2.75, 3.05) is 12.4 Å². The van der Waals surface area contributed by atoms with E-state index in [-0.39, 0.29) is 12.4 Å². The summed E-state index contributed by atoms with van der Waals surface area (Å²) in [6, 6.07) is 13.6. The van der Waals surface area contributed by atoms with Gasteiger partial charge in [-0.25, -0.2) is 14.2 Å². The number of hydrogen-bond acceptors (Lipinski definition) is 5. The summed E-state index contributed by atoms with van der Waals surface area (Å²) < 4.78 is 21.0. The molecule has 5 rings (SSSR count). The van der Waals surface area contributed by atoms with Crippen molar-refractivity contribution in [1.82, 2.24) is 14.6 Å². The van der Waals surface area contributed by atoms with E-state index in [1.165, 1.54) is 17.1 Å². The number of halogens is 1. The lowest BCUT2D eigenvalue weighted by Crippen LogP contribution is -2.36. The van der Waals surface area contributed by atoms with Crippen molar-refractivity contribution in [3.05, 3.63) is 71.2 Å². The Morgan fingerprint density at radius 1 is 1.23 bits per heavy atom. The van der Waals surface area contributed by atoms with Gasteiger partial charge in [0, 0.05) is 23.4 Å². The molecule has 1 atom stereocenters. The normalized spacial score (nSPS) is 17.0. The molecule has 0 bridgehead atoms. The summed E-state index contributed by atoms with van der Waals surface area (Å²) in [4.78, 5) is 17.7. The monoisotopic (exact) mass is 422 g/mol. The van der Waals surface area contributed by atoms with Crippen LogP contribution in [0.4, 0.5) is 9.18 Å². The van der Waals surface area contributed by atoms with Gasteiger partial charge in [0.2, 0.25) is 0 Å². The number of aromatic nitrogens is 2. The molecule has 3 heterocycles. The zero-order chi connectivity index (χ0) is 20.7. The maximum absolute atomic E-state index is 13.6. The van der Waals surface area contributed by atoms with Gasteiger partial charge in [-0.05, 0) is 36.8 Å². The van der Waals surface area contributed by atoms with E-state index in [0.29, 0.717) is 0 Å². The Morgan fingerprint density at radius 2 is 2.03 bits per heavy atom. The number of imidazole rings is 1. The quantitative estimate of drug-likeness (QED) is 0.614. The minimum absolute atomic E-state index is 0.254. The summed E-state index contributed by atoms with van der Waals surface area (Å²) in [6.45, 7) is 2.80. The average molecular weight is 422 g/mol. The van der Waals surface area contributed by atoms with Crippen LogP contribution < -0.4 is 0 Å². The third-order valence-electron chi connectivity index (χ3n) is 5.21. The topological polar surface area (TPSA) is 59.7 Å². The largest absolute Gasteiger partial charge is 0.448 e. The molecule has 152 valence electrons. The van der Waals surface area contributed by atoms with Crippen molar-refractivity contribution < 1.29 is 13.9 Å². The molecule has 0 saturated carbocycles. The first-order chi connectivity index (χ1) is 14.7. The highest BCUT2D eigenvalue weighted by atomic mass is 32.2. The summed E-state index contributed by atoms with van der Waals surface area (Å²) in [5.74, 6) is 0.609. The number of nitrogens with zero attached hydrogens (tertiary/aromatic N) is 4. The Hall–Kier alpha value is -3.13. The second-order valence-electron chi connectivity index (χ2n) is 6.95. The number of amides is 1. The van der Waals surface area contributed by atoms with E-state index in [4.69, 9.17) is 9.72 Å². The number of benzene rings is 2. The molecule has 8 heteroatoms. The molecule has 1 amide bonds. The number of ether oxygens (including phenoxy) is 1. The van der Waals surface area contributed by atoms with E-state index in [2.05, 4.69) is 9.67 Å². The molecule has 0 N–H and O–H groups in total. The molecular weight excluding hydrogens is 403 g/mol. The Kier molecular flexibility index (Phi) is 4.78. The van der Waals surface area contributed by atoms with E-state index in [0.717, 1.165) is 45.5 Å². The van der Waals surface area contributed by atoms with Gasteiger partial charge in [-0.1, -0.05) is 36.0 Å². The fourth-order valence-corrected chi connectivity index (χ4v) is 4.86. The summed E-state index contributed by atoms with van der Waals surface area (Å²) in [5, 5.41) is 6.70. The molecule has 0 spiro atoms. The van der Waals surface area contributed by atoms with Crippen LogP contribution in [0.1, 0.15) is 29.8 Å². The molecule has 0 saturated heterocycles. The number of thioether (sulfide) groups is 1. The minimum Gasteiger partial charge on any atom is -0.448 e. The molecule has 3 aromatic rings. The van der Waals surface area contributed by atoms with Crippen molar-refractivity contribution in [1.29, 1.82) is 0 Å². The molecule has 2 aromatic carbocycles. The number of fused-ring (bicyclic) bond motifs is 2. The smallest absolute Gasteiger partial charge is 0.431 e. The van der Waals surface area contributed by atoms with Crippen LogP contribution in [0.3, 0.4) is 0 Å². The van der Waals surface area contributed by atoms with Gasteiger partial charge in [-0.15, -0.1) is 0 Å². The fraction of sp³-hybridized carbons (Fsp3) is 0.227. The first kappa shape index (κ1) is 18.9. The molecule has 30 heavy (non-hydrogen) atoms. The van der Waals surface area contributed by atoms with Crippen LogP contribution in [0.15, 0.2) is 58.8 Å². The van der Waals surface area contributed by atoms with Crippen molar-refractivity contribution >= 4 is 24.1 Å². The maximum atomic E-state index is 13.6. The van der Waals surface area contributed by atoms with Crippen molar-refractivity contribution in [3.63, 3.8) is 0 Å². The van der Waals surface area contributed by atoms with Crippen LogP contribution >= 0.6 is 11.8 Å². The Labute approximate surface area is 177 Å². The number of rotatable bonds is 3. The van der Waals surface area contributed by atoms with E-state index in [9.17, 15) is 9.18 Å². The van der Waals surface area contributed by atoms with Crippen molar-refractivity contribution in [2.45, 2.75) is 24.7 Å². The van der Waals surface area contributed by atoms with Gasteiger partial charge in [-0.2, -0.15) is 10.1 Å². The zero-order valence-corrected chi connectivity index (χ0v) is 17.1. The highest BCUT2D eigenvalue weighted by Gasteiger charge is 2.38. The third kappa shape index (κ3) is 3.08. The highest BCUT2D eigenvalue weighted by molar-refractivity contribution is 7.99. The van der Waals surface area contributed by atoms with E-state index >= 15 is 0 Å². The summed E-state index contributed by atoms with van der Waals surface area (Å²) in [5.41, 5.74) is 4.27. The van der Waals surface area contributed by atoms with Gasteiger partial charge in [0.25, 0.3) is 0 Å². The van der Waals surface area contributed by atoms with E-state index < -0.39 is 12.1 Å². The van der Waals surface area contributed by atoms with Crippen LogP contribution in [-0.2, 0) is 11.3 Å². The molecule has 0 radical (unpaired) electrons. The molecule has 2 aliphatic rings. The first-order valence-electron chi connectivity index (χ1n) is 9.75. The van der Waals surface area contributed by atoms with Gasteiger partial charge in [-0.3, -0.25) is 0 Å².